The fraction of sp³-hybridized carbons (Fsp3) is 1.00. The molecule has 4 atom stereocenters. The van der Waals surface area contributed by atoms with Crippen molar-refractivity contribution < 1.29 is 0 Å². The molecular formula is C14H28N2. The standard InChI is InChI=1S/C14H28N2/c1-13(2)10-8-9-14(13,3)12(16(6)7)11(10)15(4)5/h10-12H,8-9H2,1-7H3/t10-,11+,12+,14+/m0/s1. The van der Waals surface area contributed by atoms with Crippen LogP contribution in [0, 0.1) is 16.7 Å². The van der Waals surface area contributed by atoms with Gasteiger partial charge in [-0.2, -0.15) is 0 Å². The molecule has 2 aliphatic carbocycles. The van der Waals surface area contributed by atoms with Crippen LogP contribution in [-0.2, 0) is 0 Å². The Morgan fingerprint density at radius 2 is 1.50 bits per heavy atom. The molecule has 0 amide bonds. The zero-order valence-electron chi connectivity index (χ0n) is 12.0. The molecule has 16 heavy (non-hydrogen) atoms. The average molecular weight is 224 g/mol. The molecule has 2 aliphatic rings. The van der Waals surface area contributed by atoms with E-state index < -0.39 is 0 Å². The number of hydrogen-bond acceptors (Lipinski definition) is 2. The third-order valence-corrected chi connectivity index (χ3v) is 5.91. The van der Waals surface area contributed by atoms with Gasteiger partial charge >= 0.3 is 0 Å². The average Bonchev–Trinajstić information content (AvgIpc) is 2.45. The van der Waals surface area contributed by atoms with Gasteiger partial charge in [0.15, 0.2) is 0 Å². The summed E-state index contributed by atoms with van der Waals surface area (Å²) in [6, 6.07) is 1.43. The molecule has 0 spiro atoms. The number of nitrogens with zero attached hydrogens (tertiary/aromatic N) is 2. The summed E-state index contributed by atoms with van der Waals surface area (Å²) in [7, 11) is 9.01. The Morgan fingerprint density at radius 3 is 1.88 bits per heavy atom. The van der Waals surface area contributed by atoms with E-state index in [2.05, 4.69) is 58.8 Å². The summed E-state index contributed by atoms with van der Waals surface area (Å²) in [6.07, 6.45) is 2.81. The molecule has 2 fully saturated rings. The van der Waals surface area contributed by atoms with Gasteiger partial charge in [0.1, 0.15) is 0 Å². The Bertz CT molecular complexity index is 282. The van der Waals surface area contributed by atoms with Gasteiger partial charge in [0, 0.05) is 12.1 Å². The molecular weight excluding hydrogens is 196 g/mol. The molecule has 2 rings (SSSR count). The second kappa shape index (κ2) is 3.46. The van der Waals surface area contributed by atoms with Crippen LogP contribution in [0.1, 0.15) is 33.6 Å². The van der Waals surface area contributed by atoms with Crippen molar-refractivity contribution in [3.8, 4) is 0 Å². The van der Waals surface area contributed by atoms with Gasteiger partial charge in [-0.25, -0.2) is 0 Å². The van der Waals surface area contributed by atoms with Gasteiger partial charge < -0.3 is 9.80 Å². The summed E-state index contributed by atoms with van der Waals surface area (Å²) in [5.41, 5.74) is 0.965. The van der Waals surface area contributed by atoms with E-state index in [1.807, 2.05) is 0 Å². The number of hydrogen-bond donors (Lipinski definition) is 0. The Kier molecular flexibility index (Phi) is 2.67. The normalized spacial score (nSPS) is 45.9. The first-order chi connectivity index (χ1) is 7.23. The van der Waals surface area contributed by atoms with E-state index in [0.717, 1.165) is 12.0 Å². The Morgan fingerprint density at radius 1 is 0.938 bits per heavy atom. The maximum absolute atomic E-state index is 2.52. The lowest BCUT2D eigenvalue weighted by Gasteiger charge is -2.45. The van der Waals surface area contributed by atoms with E-state index >= 15 is 0 Å². The summed E-state index contributed by atoms with van der Waals surface area (Å²) in [5.74, 6) is 0.861. The molecule has 0 aromatic carbocycles. The van der Waals surface area contributed by atoms with Crippen molar-refractivity contribution in [2.45, 2.75) is 45.7 Å². The smallest absolute Gasteiger partial charge is 0.0307 e. The third-order valence-electron chi connectivity index (χ3n) is 5.91. The second-order valence-electron chi connectivity index (χ2n) is 7.15. The lowest BCUT2D eigenvalue weighted by atomic mass is 9.69. The Hall–Kier alpha value is -0.0800. The molecule has 0 unspecified atom stereocenters. The van der Waals surface area contributed by atoms with E-state index in [9.17, 15) is 0 Å². The van der Waals surface area contributed by atoms with E-state index in [1.165, 1.54) is 12.8 Å². The predicted molar refractivity (Wildman–Crippen MR) is 69.6 cm³/mol. The largest absolute Gasteiger partial charge is 0.305 e. The first kappa shape index (κ1) is 12.4. The summed E-state index contributed by atoms with van der Waals surface area (Å²) < 4.78 is 0. The molecule has 94 valence electrons. The molecule has 0 aromatic heterocycles. The van der Waals surface area contributed by atoms with E-state index in [1.54, 1.807) is 0 Å². The molecule has 0 aromatic rings. The minimum absolute atomic E-state index is 0.482. The number of likely N-dealkylation sites (N-methyl/N-ethyl adjacent to an activating group) is 2. The van der Waals surface area contributed by atoms with Crippen molar-refractivity contribution in [1.29, 1.82) is 0 Å². The quantitative estimate of drug-likeness (QED) is 0.710. The van der Waals surface area contributed by atoms with Crippen molar-refractivity contribution in [3.63, 3.8) is 0 Å². The van der Waals surface area contributed by atoms with Gasteiger partial charge in [-0.3, -0.25) is 0 Å². The van der Waals surface area contributed by atoms with Gasteiger partial charge in [0.2, 0.25) is 0 Å². The highest BCUT2D eigenvalue weighted by atomic mass is 15.2. The van der Waals surface area contributed by atoms with Crippen molar-refractivity contribution in [1.82, 2.24) is 9.80 Å². The van der Waals surface area contributed by atoms with Crippen molar-refractivity contribution in [2.75, 3.05) is 28.2 Å². The van der Waals surface area contributed by atoms with Crippen LogP contribution in [0.4, 0.5) is 0 Å². The van der Waals surface area contributed by atoms with Gasteiger partial charge in [-0.1, -0.05) is 20.8 Å². The SMILES string of the molecule is CN(C)[C@@H]1[C@@H]2CC[C@](C)([C@@H]1N(C)C)C2(C)C. The van der Waals surface area contributed by atoms with Crippen LogP contribution in [-0.4, -0.2) is 50.1 Å². The molecule has 0 radical (unpaired) electrons. The lowest BCUT2D eigenvalue weighted by Crippen LogP contribution is -2.53. The maximum Gasteiger partial charge on any atom is 0.0307 e. The monoisotopic (exact) mass is 224 g/mol. The summed E-state index contributed by atoms with van der Waals surface area (Å²) in [4.78, 5) is 4.92. The molecule has 0 saturated heterocycles. The van der Waals surface area contributed by atoms with Crippen molar-refractivity contribution in [3.05, 3.63) is 0 Å². The second-order valence-corrected chi connectivity index (χ2v) is 7.15. The predicted octanol–water partition coefficient (Wildman–Crippen LogP) is 2.30. The fourth-order valence-electron chi connectivity index (χ4n) is 4.80. The van der Waals surface area contributed by atoms with Crippen LogP contribution < -0.4 is 0 Å². The van der Waals surface area contributed by atoms with Crippen molar-refractivity contribution in [2.24, 2.45) is 16.7 Å². The number of fused-ring (bicyclic) bond motifs is 2. The molecule has 2 heteroatoms. The molecule has 2 saturated carbocycles. The maximum atomic E-state index is 2.52. The van der Waals surface area contributed by atoms with Gasteiger partial charge in [-0.05, 0) is 57.8 Å². The third kappa shape index (κ3) is 1.26. The van der Waals surface area contributed by atoms with E-state index in [4.69, 9.17) is 0 Å². The van der Waals surface area contributed by atoms with Crippen LogP contribution in [0.5, 0.6) is 0 Å². The Labute approximate surface area is 101 Å². The van der Waals surface area contributed by atoms with Crippen molar-refractivity contribution >= 4 is 0 Å². The summed E-state index contributed by atoms with van der Waals surface area (Å²) >= 11 is 0. The van der Waals surface area contributed by atoms with Crippen LogP contribution >= 0.6 is 0 Å². The fourth-order valence-corrected chi connectivity index (χ4v) is 4.80. The zero-order chi connectivity index (χ0) is 12.3. The highest BCUT2D eigenvalue weighted by Gasteiger charge is 2.66. The molecule has 0 heterocycles. The van der Waals surface area contributed by atoms with Crippen LogP contribution in [0.2, 0.25) is 0 Å². The first-order valence-corrected chi connectivity index (χ1v) is 6.56. The van der Waals surface area contributed by atoms with E-state index in [0.29, 0.717) is 16.9 Å². The van der Waals surface area contributed by atoms with Crippen LogP contribution in [0.25, 0.3) is 0 Å². The van der Waals surface area contributed by atoms with Gasteiger partial charge in [0.25, 0.3) is 0 Å². The van der Waals surface area contributed by atoms with Crippen LogP contribution in [0.15, 0.2) is 0 Å². The van der Waals surface area contributed by atoms with Crippen LogP contribution in [0.3, 0.4) is 0 Å². The van der Waals surface area contributed by atoms with Gasteiger partial charge in [0.05, 0.1) is 0 Å². The van der Waals surface area contributed by atoms with E-state index in [-0.39, 0.29) is 0 Å². The van der Waals surface area contributed by atoms with Gasteiger partial charge in [-0.15, -0.1) is 0 Å². The highest BCUT2D eigenvalue weighted by molar-refractivity contribution is 5.19. The molecule has 0 N–H and O–H groups in total. The molecule has 2 nitrogen and oxygen atoms in total. The number of rotatable bonds is 2. The molecule has 0 aliphatic heterocycles. The Balaban J connectivity index is 2.44. The lowest BCUT2D eigenvalue weighted by molar-refractivity contribution is 0.0443. The highest BCUT2D eigenvalue weighted by Crippen LogP contribution is 2.67. The summed E-state index contributed by atoms with van der Waals surface area (Å²) in [6.45, 7) is 7.50. The minimum atomic E-state index is 0.482. The molecule has 2 bridgehead atoms. The zero-order valence-corrected chi connectivity index (χ0v) is 12.0. The summed E-state index contributed by atoms with van der Waals surface area (Å²) in [5, 5.41) is 0. The topological polar surface area (TPSA) is 6.48 Å². The first-order valence-electron chi connectivity index (χ1n) is 6.56. The minimum Gasteiger partial charge on any atom is -0.305 e.